The average molecular weight is 269 g/mol. The summed E-state index contributed by atoms with van der Waals surface area (Å²) in [7, 11) is 0. The highest BCUT2D eigenvalue weighted by molar-refractivity contribution is 5.49. The number of benzene rings is 1. The molecule has 1 atom stereocenters. The summed E-state index contributed by atoms with van der Waals surface area (Å²) >= 11 is 0. The summed E-state index contributed by atoms with van der Waals surface area (Å²) in [5.74, 6) is 0.840. The van der Waals surface area contributed by atoms with Gasteiger partial charge in [0, 0.05) is 18.3 Å². The van der Waals surface area contributed by atoms with E-state index in [1.807, 2.05) is 0 Å². The molecule has 104 valence electrons. The number of hydrogen-bond acceptors (Lipinski definition) is 4. The van der Waals surface area contributed by atoms with Crippen molar-refractivity contribution in [2.45, 2.75) is 18.9 Å². The zero-order valence-corrected chi connectivity index (χ0v) is 11.4. The van der Waals surface area contributed by atoms with Crippen LogP contribution in [0.4, 0.5) is 5.69 Å². The predicted octanol–water partition coefficient (Wildman–Crippen LogP) is 1.77. The van der Waals surface area contributed by atoms with Gasteiger partial charge in [0.2, 0.25) is 0 Å². The van der Waals surface area contributed by atoms with Gasteiger partial charge in [0.1, 0.15) is 0 Å². The first-order chi connectivity index (χ1) is 9.88. The van der Waals surface area contributed by atoms with E-state index in [1.54, 1.807) is 17.2 Å². The average Bonchev–Trinajstić information content (AvgIpc) is 3.04. The first-order valence-electron chi connectivity index (χ1n) is 7.34. The third kappa shape index (κ3) is 2.18. The van der Waals surface area contributed by atoms with Crippen LogP contribution in [-0.4, -0.2) is 45.6 Å². The minimum Gasteiger partial charge on any atom is -0.381 e. The lowest BCUT2D eigenvalue weighted by Crippen LogP contribution is -2.53. The Morgan fingerprint density at radius 1 is 1.00 bits per heavy atom. The van der Waals surface area contributed by atoms with Gasteiger partial charge < -0.3 is 10.2 Å². The van der Waals surface area contributed by atoms with Crippen LogP contribution in [0.25, 0.3) is 5.69 Å². The van der Waals surface area contributed by atoms with Crippen molar-refractivity contribution < 1.29 is 0 Å². The number of nitrogens with one attached hydrogen (secondary N) is 1. The zero-order chi connectivity index (χ0) is 13.4. The third-order valence-electron chi connectivity index (χ3n) is 4.53. The maximum absolute atomic E-state index is 4.14. The molecule has 0 amide bonds. The van der Waals surface area contributed by atoms with Crippen molar-refractivity contribution in [2.24, 2.45) is 5.92 Å². The number of fused-ring (bicyclic) bond motifs is 3. The van der Waals surface area contributed by atoms with E-state index in [4.69, 9.17) is 0 Å². The molecule has 4 heterocycles. The Morgan fingerprint density at radius 3 is 2.30 bits per heavy atom. The number of rotatable bonds is 3. The van der Waals surface area contributed by atoms with Crippen LogP contribution in [0.2, 0.25) is 0 Å². The van der Waals surface area contributed by atoms with E-state index in [2.05, 4.69) is 44.7 Å². The molecule has 1 unspecified atom stereocenters. The molecule has 0 aliphatic carbocycles. The molecule has 5 nitrogen and oxygen atoms in total. The Morgan fingerprint density at radius 2 is 1.70 bits per heavy atom. The van der Waals surface area contributed by atoms with Gasteiger partial charge in [-0.15, -0.1) is 0 Å². The number of piperidine rings is 3. The molecule has 3 aliphatic heterocycles. The predicted molar refractivity (Wildman–Crippen MR) is 77.9 cm³/mol. The summed E-state index contributed by atoms with van der Waals surface area (Å²) in [6, 6.07) is 8.96. The largest absolute Gasteiger partial charge is 0.381 e. The molecule has 3 fully saturated rings. The van der Waals surface area contributed by atoms with Gasteiger partial charge in [0.15, 0.2) is 0 Å². The van der Waals surface area contributed by atoms with Crippen LogP contribution in [0, 0.1) is 5.92 Å². The second kappa shape index (κ2) is 4.90. The summed E-state index contributed by atoms with van der Waals surface area (Å²) in [6.07, 6.45) is 6.07. The highest BCUT2D eigenvalue weighted by Gasteiger charge is 2.33. The Hall–Kier alpha value is -1.88. The zero-order valence-electron chi connectivity index (χ0n) is 11.4. The molecule has 20 heavy (non-hydrogen) atoms. The summed E-state index contributed by atoms with van der Waals surface area (Å²) in [5, 5.41) is 12.0. The van der Waals surface area contributed by atoms with E-state index in [9.17, 15) is 0 Å². The molecular formula is C15H19N5. The van der Waals surface area contributed by atoms with E-state index in [-0.39, 0.29) is 0 Å². The van der Waals surface area contributed by atoms with E-state index in [0.717, 1.165) is 11.6 Å². The topological polar surface area (TPSA) is 46.0 Å². The number of nitrogens with zero attached hydrogens (tertiary/aromatic N) is 4. The highest BCUT2D eigenvalue weighted by atomic mass is 15.5. The number of anilines is 1. The SMILES string of the molecule is c1cnn(-c2ccc(NC3CN4CCC3CC4)cc2)n1. The van der Waals surface area contributed by atoms with Gasteiger partial charge in [-0.25, -0.2) is 0 Å². The van der Waals surface area contributed by atoms with Crippen molar-refractivity contribution in [3.05, 3.63) is 36.7 Å². The van der Waals surface area contributed by atoms with E-state index < -0.39 is 0 Å². The Balaban J connectivity index is 1.47. The molecule has 1 aromatic carbocycles. The van der Waals surface area contributed by atoms with E-state index >= 15 is 0 Å². The molecule has 1 N–H and O–H groups in total. The summed E-state index contributed by atoms with van der Waals surface area (Å²) < 4.78 is 0. The molecule has 1 aromatic heterocycles. The Labute approximate surface area is 118 Å². The molecule has 2 bridgehead atoms. The third-order valence-corrected chi connectivity index (χ3v) is 4.53. The molecular weight excluding hydrogens is 250 g/mol. The Bertz CT molecular complexity index is 554. The molecule has 0 saturated carbocycles. The second-order valence-corrected chi connectivity index (χ2v) is 5.75. The molecule has 0 radical (unpaired) electrons. The summed E-state index contributed by atoms with van der Waals surface area (Å²) in [4.78, 5) is 4.21. The summed E-state index contributed by atoms with van der Waals surface area (Å²) in [6.45, 7) is 3.76. The normalized spacial score (nSPS) is 28.5. The van der Waals surface area contributed by atoms with Crippen LogP contribution in [0.3, 0.4) is 0 Å². The lowest BCUT2D eigenvalue weighted by atomic mass is 9.84. The maximum Gasteiger partial charge on any atom is 0.0858 e. The number of hydrogen-bond donors (Lipinski definition) is 1. The van der Waals surface area contributed by atoms with Gasteiger partial charge in [-0.3, -0.25) is 0 Å². The van der Waals surface area contributed by atoms with E-state index in [0.29, 0.717) is 6.04 Å². The van der Waals surface area contributed by atoms with Crippen molar-refractivity contribution in [1.29, 1.82) is 0 Å². The first kappa shape index (κ1) is 11.9. The molecule has 5 rings (SSSR count). The number of aromatic nitrogens is 3. The highest BCUT2D eigenvalue weighted by Crippen LogP contribution is 2.29. The van der Waals surface area contributed by atoms with Crippen LogP contribution >= 0.6 is 0 Å². The first-order valence-corrected chi connectivity index (χ1v) is 7.34. The molecule has 5 heteroatoms. The molecule has 0 spiro atoms. The monoisotopic (exact) mass is 269 g/mol. The quantitative estimate of drug-likeness (QED) is 0.922. The minimum absolute atomic E-state index is 0.603. The van der Waals surface area contributed by atoms with Gasteiger partial charge in [-0.1, -0.05) is 0 Å². The van der Waals surface area contributed by atoms with Crippen molar-refractivity contribution in [2.75, 3.05) is 25.0 Å². The van der Waals surface area contributed by atoms with Crippen molar-refractivity contribution >= 4 is 5.69 Å². The smallest absolute Gasteiger partial charge is 0.0858 e. The fourth-order valence-corrected chi connectivity index (χ4v) is 3.38. The van der Waals surface area contributed by atoms with Crippen molar-refractivity contribution in [1.82, 2.24) is 19.9 Å². The van der Waals surface area contributed by atoms with Crippen molar-refractivity contribution in [3.8, 4) is 5.69 Å². The lowest BCUT2D eigenvalue weighted by molar-refractivity contribution is 0.0975. The van der Waals surface area contributed by atoms with Gasteiger partial charge in [0.25, 0.3) is 0 Å². The minimum atomic E-state index is 0.603. The molecule has 2 aromatic rings. The van der Waals surface area contributed by atoms with Crippen LogP contribution < -0.4 is 5.32 Å². The van der Waals surface area contributed by atoms with Gasteiger partial charge in [0.05, 0.1) is 18.1 Å². The van der Waals surface area contributed by atoms with Crippen LogP contribution in [0.15, 0.2) is 36.7 Å². The second-order valence-electron chi connectivity index (χ2n) is 5.75. The van der Waals surface area contributed by atoms with Gasteiger partial charge in [-0.2, -0.15) is 15.0 Å². The van der Waals surface area contributed by atoms with Crippen LogP contribution in [0.5, 0.6) is 0 Å². The van der Waals surface area contributed by atoms with Crippen molar-refractivity contribution in [3.63, 3.8) is 0 Å². The Kier molecular flexibility index (Phi) is 2.92. The maximum atomic E-state index is 4.14. The van der Waals surface area contributed by atoms with Crippen LogP contribution in [-0.2, 0) is 0 Å². The lowest BCUT2D eigenvalue weighted by Gasteiger charge is -2.45. The fraction of sp³-hybridized carbons (Fsp3) is 0.467. The summed E-state index contributed by atoms with van der Waals surface area (Å²) in [5.41, 5.74) is 2.19. The van der Waals surface area contributed by atoms with Gasteiger partial charge in [-0.05, 0) is 56.1 Å². The molecule has 3 aliphatic rings. The van der Waals surface area contributed by atoms with Crippen LogP contribution in [0.1, 0.15) is 12.8 Å². The van der Waals surface area contributed by atoms with E-state index in [1.165, 1.54) is 38.2 Å². The molecule has 3 saturated heterocycles. The van der Waals surface area contributed by atoms with Gasteiger partial charge >= 0.3 is 0 Å². The fourth-order valence-electron chi connectivity index (χ4n) is 3.38. The standard InChI is InChI=1S/C15H19N5/c1-3-14(20-16-7-8-17-20)4-2-13(1)18-15-11-19-9-5-12(15)6-10-19/h1-4,7-8,12,15,18H,5-6,9-11H2.